The SMILES string of the molecule is CC1=CCC2[C@@H](C)C(=O)OC3OC4CC4CCC1C32OO. The summed E-state index contributed by atoms with van der Waals surface area (Å²) in [4.78, 5) is 17.2. The van der Waals surface area contributed by atoms with Crippen LogP contribution in [0, 0.1) is 23.7 Å². The molecule has 4 aliphatic rings. The lowest BCUT2D eigenvalue weighted by Crippen LogP contribution is -2.66. The fourth-order valence-electron chi connectivity index (χ4n) is 4.65. The average molecular weight is 294 g/mol. The molecule has 5 heteroatoms. The van der Waals surface area contributed by atoms with Crippen molar-refractivity contribution < 1.29 is 24.4 Å². The lowest BCUT2D eigenvalue weighted by Gasteiger charge is -2.54. The molecule has 5 nitrogen and oxygen atoms in total. The summed E-state index contributed by atoms with van der Waals surface area (Å²) in [7, 11) is 0. The van der Waals surface area contributed by atoms with E-state index in [0.29, 0.717) is 12.3 Å². The van der Waals surface area contributed by atoms with Gasteiger partial charge in [-0.15, -0.1) is 0 Å². The number of allylic oxidation sites excluding steroid dienone is 1. The molecule has 2 saturated heterocycles. The molecule has 3 fully saturated rings. The zero-order valence-electron chi connectivity index (χ0n) is 12.5. The van der Waals surface area contributed by atoms with Crippen LogP contribution in [0.15, 0.2) is 11.6 Å². The van der Waals surface area contributed by atoms with Crippen molar-refractivity contribution in [1.29, 1.82) is 0 Å². The molecule has 21 heavy (non-hydrogen) atoms. The third-order valence-electron chi connectivity index (χ3n) is 6.07. The van der Waals surface area contributed by atoms with Gasteiger partial charge >= 0.3 is 5.97 Å². The van der Waals surface area contributed by atoms with Crippen LogP contribution >= 0.6 is 0 Å². The molecule has 0 aromatic heterocycles. The third kappa shape index (κ3) is 1.77. The van der Waals surface area contributed by atoms with E-state index < -0.39 is 11.9 Å². The Morgan fingerprint density at radius 2 is 2.24 bits per heavy atom. The first kappa shape index (κ1) is 13.7. The van der Waals surface area contributed by atoms with Crippen molar-refractivity contribution in [3.8, 4) is 0 Å². The molecule has 2 aliphatic carbocycles. The van der Waals surface area contributed by atoms with Crippen molar-refractivity contribution in [1.82, 2.24) is 0 Å². The zero-order chi connectivity index (χ0) is 14.8. The highest BCUT2D eigenvalue weighted by Crippen LogP contribution is 2.56. The Morgan fingerprint density at radius 3 is 3.00 bits per heavy atom. The number of fused-ring (bicyclic) bond motifs is 1. The Balaban J connectivity index is 1.81. The molecule has 116 valence electrons. The van der Waals surface area contributed by atoms with Crippen LogP contribution in [-0.4, -0.2) is 29.2 Å². The highest BCUT2D eigenvalue weighted by atomic mass is 17.1. The monoisotopic (exact) mass is 294 g/mol. The first-order valence-electron chi connectivity index (χ1n) is 7.93. The Morgan fingerprint density at radius 1 is 1.43 bits per heavy atom. The van der Waals surface area contributed by atoms with Crippen LogP contribution in [0.1, 0.15) is 39.5 Å². The van der Waals surface area contributed by atoms with Crippen LogP contribution < -0.4 is 0 Å². The van der Waals surface area contributed by atoms with Crippen LogP contribution in [0.5, 0.6) is 0 Å². The van der Waals surface area contributed by atoms with Crippen LogP contribution in [0.4, 0.5) is 0 Å². The van der Waals surface area contributed by atoms with E-state index in [1.807, 2.05) is 6.92 Å². The van der Waals surface area contributed by atoms with Crippen molar-refractivity contribution >= 4 is 5.97 Å². The normalized spacial score (nSPS) is 51.8. The van der Waals surface area contributed by atoms with Gasteiger partial charge in [-0.25, -0.2) is 4.89 Å². The molecule has 0 amide bonds. The lowest BCUT2D eigenvalue weighted by atomic mass is 9.61. The van der Waals surface area contributed by atoms with Gasteiger partial charge in [-0.05, 0) is 38.5 Å². The van der Waals surface area contributed by atoms with Gasteiger partial charge in [-0.3, -0.25) is 10.1 Å². The van der Waals surface area contributed by atoms with Gasteiger partial charge in [0.1, 0.15) is 0 Å². The first-order valence-corrected chi connectivity index (χ1v) is 7.93. The molecule has 7 atom stereocenters. The van der Waals surface area contributed by atoms with Crippen LogP contribution in [-0.2, 0) is 19.2 Å². The van der Waals surface area contributed by atoms with Crippen molar-refractivity contribution in [2.45, 2.75) is 57.5 Å². The minimum absolute atomic E-state index is 0.0448. The van der Waals surface area contributed by atoms with E-state index >= 15 is 0 Å². The second-order valence-corrected chi connectivity index (χ2v) is 7.09. The maximum absolute atomic E-state index is 12.1. The number of carbonyl (C=O) groups is 1. The van der Waals surface area contributed by atoms with E-state index in [4.69, 9.17) is 14.4 Å². The fourth-order valence-corrected chi connectivity index (χ4v) is 4.65. The Bertz CT molecular complexity index is 501. The molecule has 6 unspecified atom stereocenters. The summed E-state index contributed by atoms with van der Waals surface area (Å²) >= 11 is 0. The maximum Gasteiger partial charge on any atom is 0.311 e. The Hall–Kier alpha value is -0.910. The molecule has 4 rings (SSSR count). The van der Waals surface area contributed by atoms with Crippen LogP contribution in [0.3, 0.4) is 0 Å². The van der Waals surface area contributed by atoms with E-state index in [0.717, 1.165) is 19.3 Å². The highest BCUT2D eigenvalue weighted by molar-refractivity contribution is 5.74. The highest BCUT2D eigenvalue weighted by Gasteiger charge is 2.65. The van der Waals surface area contributed by atoms with E-state index in [1.54, 1.807) is 0 Å². The number of hydrogen-bond donors (Lipinski definition) is 1. The summed E-state index contributed by atoms with van der Waals surface area (Å²) in [5.74, 6) is -0.0329. The van der Waals surface area contributed by atoms with Gasteiger partial charge in [0.15, 0.2) is 5.60 Å². The van der Waals surface area contributed by atoms with Gasteiger partial charge < -0.3 is 9.47 Å². The molecule has 1 N–H and O–H groups in total. The van der Waals surface area contributed by atoms with E-state index in [-0.39, 0.29) is 29.8 Å². The van der Waals surface area contributed by atoms with Crippen molar-refractivity contribution in [3.05, 3.63) is 11.6 Å². The standard InChI is InChI=1S/C16H22O5/c1-8-3-5-12-9(2)14(17)20-15-16(12,21-18)11(8)6-4-10-7-13(10)19-15/h3,9-13,15,18H,4-7H2,1-2H3/t9-,10?,11?,12?,13?,15?,16?/m1/s1. The minimum Gasteiger partial charge on any atom is -0.432 e. The molecule has 0 aromatic rings. The third-order valence-corrected chi connectivity index (χ3v) is 6.07. The summed E-state index contributed by atoms with van der Waals surface area (Å²) in [6, 6.07) is 0. The zero-order valence-corrected chi connectivity index (χ0v) is 12.5. The molecule has 2 aliphatic heterocycles. The summed E-state index contributed by atoms with van der Waals surface area (Å²) in [6.07, 6.45) is 5.30. The quantitative estimate of drug-likeness (QED) is 0.348. The number of hydrogen-bond acceptors (Lipinski definition) is 5. The predicted molar refractivity (Wildman–Crippen MR) is 73.1 cm³/mol. The smallest absolute Gasteiger partial charge is 0.311 e. The first-order chi connectivity index (χ1) is 10.1. The molecular weight excluding hydrogens is 272 g/mol. The molecule has 0 radical (unpaired) electrons. The van der Waals surface area contributed by atoms with Gasteiger partial charge in [0.05, 0.1) is 12.0 Å². The maximum atomic E-state index is 12.1. The minimum atomic E-state index is -0.945. The van der Waals surface area contributed by atoms with E-state index in [2.05, 4.69) is 13.0 Å². The van der Waals surface area contributed by atoms with Gasteiger partial charge in [-0.1, -0.05) is 18.6 Å². The second kappa shape index (κ2) is 4.54. The van der Waals surface area contributed by atoms with E-state index in [1.165, 1.54) is 5.57 Å². The summed E-state index contributed by atoms with van der Waals surface area (Å²) in [5, 5.41) is 9.82. The van der Waals surface area contributed by atoms with Gasteiger partial charge in [-0.2, -0.15) is 0 Å². The van der Waals surface area contributed by atoms with Gasteiger partial charge in [0.25, 0.3) is 0 Å². The Kier molecular flexibility index (Phi) is 2.97. The fraction of sp³-hybridized carbons (Fsp3) is 0.812. The number of rotatable bonds is 1. The average Bonchev–Trinajstić information content (AvgIpc) is 3.18. The molecular formula is C16H22O5. The van der Waals surface area contributed by atoms with Crippen LogP contribution in [0.2, 0.25) is 0 Å². The molecule has 0 spiro atoms. The number of ether oxygens (including phenoxy) is 2. The van der Waals surface area contributed by atoms with Gasteiger partial charge in [0.2, 0.25) is 6.29 Å². The van der Waals surface area contributed by atoms with Crippen LogP contribution in [0.25, 0.3) is 0 Å². The van der Waals surface area contributed by atoms with Crippen molar-refractivity contribution in [2.24, 2.45) is 23.7 Å². The van der Waals surface area contributed by atoms with E-state index in [9.17, 15) is 10.1 Å². The molecule has 0 aromatic carbocycles. The Labute approximate surface area is 124 Å². The lowest BCUT2D eigenvalue weighted by molar-refractivity contribution is -0.418. The summed E-state index contributed by atoms with van der Waals surface area (Å²) < 4.78 is 11.6. The molecule has 1 saturated carbocycles. The molecule has 2 heterocycles. The topological polar surface area (TPSA) is 65.0 Å². The largest absolute Gasteiger partial charge is 0.432 e. The number of carbonyl (C=O) groups excluding carboxylic acids is 1. The van der Waals surface area contributed by atoms with Crippen molar-refractivity contribution in [2.75, 3.05) is 0 Å². The predicted octanol–water partition coefficient (Wildman–Crippen LogP) is 2.52. The van der Waals surface area contributed by atoms with Gasteiger partial charge in [0, 0.05) is 11.8 Å². The van der Waals surface area contributed by atoms with Crippen molar-refractivity contribution in [3.63, 3.8) is 0 Å². The summed E-state index contributed by atoms with van der Waals surface area (Å²) in [5.41, 5.74) is 0.262. The molecule has 0 bridgehead atoms. The number of esters is 1. The summed E-state index contributed by atoms with van der Waals surface area (Å²) in [6.45, 7) is 3.93. The second-order valence-electron chi connectivity index (χ2n) is 7.09.